The second-order valence-corrected chi connectivity index (χ2v) is 11.7. The van der Waals surface area contributed by atoms with E-state index in [1.54, 1.807) is 12.1 Å². The van der Waals surface area contributed by atoms with E-state index in [4.69, 9.17) is 14.2 Å². The quantitative estimate of drug-likeness (QED) is 0.285. The van der Waals surface area contributed by atoms with E-state index in [9.17, 15) is 4.39 Å². The van der Waals surface area contributed by atoms with Gasteiger partial charge in [0.05, 0.1) is 6.61 Å². The SMILES string of the molecule is Cc1ccc(COC2C(OCCC3CCCCC3)c3cc(NCc4cccc(F)c4)ccc3OC2(C)C)cc1. The number of anilines is 1. The lowest BCUT2D eigenvalue weighted by atomic mass is 9.86. The summed E-state index contributed by atoms with van der Waals surface area (Å²) in [5, 5.41) is 3.45. The third-order valence-electron chi connectivity index (χ3n) is 8.13. The lowest BCUT2D eigenvalue weighted by Gasteiger charge is -2.44. The Morgan fingerprint density at radius 3 is 2.49 bits per heavy atom. The number of aryl methyl sites for hydroxylation is 1. The van der Waals surface area contributed by atoms with E-state index in [1.165, 1.54) is 43.7 Å². The Bertz CT molecular complexity index is 1220. The molecule has 0 aromatic heterocycles. The van der Waals surface area contributed by atoms with Crippen molar-refractivity contribution in [2.75, 3.05) is 11.9 Å². The maximum absolute atomic E-state index is 13.7. The van der Waals surface area contributed by atoms with Crippen molar-refractivity contribution in [1.82, 2.24) is 0 Å². The first-order chi connectivity index (χ1) is 18.9. The van der Waals surface area contributed by atoms with E-state index in [0.717, 1.165) is 40.5 Å². The summed E-state index contributed by atoms with van der Waals surface area (Å²) in [7, 11) is 0. The molecule has 5 rings (SSSR count). The summed E-state index contributed by atoms with van der Waals surface area (Å²) in [5.41, 5.74) is 4.63. The minimum atomic E-state index is -0.566. The Kier molecular flexibility index (Phi) is 8.89. The van der Waals surface area contributed by atoms with Crippen LogP contribution in [0.15, 0.2) is 66.7 Å². The van der Waals surface area contributed by atoms with Gasteiger partial charge < -0.3 is 19.5 Å². The molecule has 0 radical (unpaired) electrons. The van der Waals surface area contributed by atoms with Crippen molar-refractivity contribution < 1.29 is 18.6 Å². The van der Waals surface area contributed by atoms with Crippen LogP contribution in [0.25, 0.3) is 0 Å². The summed E-state index contributed by atoms with van der Waals surface area (Å²) in [6.45, 7) is 8.00. The van der Waals surface area contributed by atoms with Crippen LogP contribution >= 0.6 is 0 Å². The number of hydrogen-bond acceptors (Lipinski definition) is 4. The number of rotatable bonds is 10. The minimum absolute atomic E-state index is 0.227. The normalized spacial score (nSPS) is 20.7. The van der Waals surface area contributed by atoms with Crippen molar-refractivity contribution in [2.45, 2.75) is 90.3 Å². The zero-order valence-corrected chi connectivity index (χ0v) is 23.5. The van der Waals surface area contributed by atoms with Gasteiger partial charge >= 0.3 is 0 Å². The van der Waals surface area contributed by atoms with Crippen LogP contribution in [0, 0.1) is 18.7 Å². The molecule has 1 saturated carbocycles. The molecular formula is C34H42FNO3. The molecule has 0 spiro atoms. The number of hydrogen-bond donors (Lipinski definition) is 1. The van der Waals surface area contributed by atoms with E-state index in [1.807, 2.05) is 18.2 Å². The van der Waals surface area contributed by atoms with Crippen molar-refractivity contribution >= 4 is 5.69 Å². The van der Waals surface area contributed by atoms with Crippen molar-refractivity contribution in [1.29, 1.82) is 0 Å². The van der Waals surface area contributed by atoms with Crippen LogP contribution in [-0.2, 0) is 22.6 Å². The Hall–Kier alpha value is -2.89. The molecule has 1 N–H and O–H groups in total. The van der Waals surface area contributed by atoms with E-state index >= 15 is 0 Å². The second kappa shape index (κ2) is 12.5. The van der Waals surface area contributed by atoms with Gasteiger partial charge in [-0.25, -0.2) is 4.39 Å². The third kappa shape index (κ3) is 7.20. The van der Waals surface area contributed by atoms with Crippen LogP contribution in [-0.4, -0.2) is 18.3 Å². The summed E-state index contributed by atoms with van der Waals surface area (Å²) in [4.78, 5) is 0. The molecule has 1 heterocycles. The van der Waals surface area contributed by atoms with Crippen LogP contribution in [0.5, 0.6) is 5.75 Å². The molecule has 39 heavy (non-hydrogen) atoms. The number of ether oxygens (including phenoxy) is 3. The molecule has 0 saturated heterocycles. The zero-order valence-electron chi connectivity index (χ0n) is 23.5. The van der Waals surface area contributed by atoms with Crippen LogP contribution in [0.4, 0.5) is 10.1 Å². The molecule has 0 amide bonds. The molecule has 5 heteroatoms. The highest BCUT2D eigenvalue weighted by Crippen LogP contribution is 2.45. The van der Waals surface area contributed by atoms with Crippen molar-refractivity contribution in [3.63, 3.8) is 0 Å². The monoisotopic (exact) mass is 531 g/mol. The molecule has 0 bridgehead atoms. The Morgan fingerprint density at radius 2 is 1.72 bits per heavy atom. The highest BCUT2D eigenvalue weighted by atomic mass is 19.1. The molecule has 4 nitrogen and oxygen atoms in total. The van der Waals surface area contributed by atoms with E-state index in [0.29, 0.717) is 19.8 Å². The first-order valence-electron chi connectivity index (χ1n) is 14.5. The van der Waals surface area contributed by atoms with Gasteiger partial charge in [0, 0.05) is 24.4 Å². The maximum Gasteiger partial charge on any atom is 0.132 e. The molecule has 1 fully saturated rings. The van der Waals surface area contributed by atoms with Crippen LogP contribution < -0.4 is 10.1 Å². The van der Waals surface area contributed by atoms with Gasteiger partial charge in [0.25, 0.3) is 0 Å². The van der Waals surface area contributed by atoms with Gasteiger partial charge in [0.15, 0.2) is 0 Å². The summed E-state index contributed by atoms with van der Waals surface area (Å²) >= 11 is 0. The molecule has 3 aromatic rings. The minimum Gasteiger partial charge on any atom is -0.485 e. The van der Waals surface area contributed by atoms with Crippen molar-refractivity contribution in [3.8, 4) is 5.75 Å². The standard InChI is InChI=1S/C34H42FNO3/c1-24-12-14-26(15-13-24)23-38-33-32(37-19-18-25-8-5-4-6-9-25)30-21-29(16-17-31(30)39-34(33,2)3)36-22-27-10-7-11-28(35)20-27/h7,10-17,20-21,25,32-33,36H,4-6,8-9,18-19,22-23H2,1-3H3. The number of halogens is 1. The van der Waals surface area contributed by atoms with Gasteiger partial charge in [0.2, 0.25) is 0 Å². The second-order valence-electron chi connectivity index (χ2n) is 11.7. The highest BCUT2D eigenvalue weighted by molar-refractivity contribution is 5.54. The van der Waals surface area contributed by atoms with Crippen LogP contribution in [0.2, 0.25) is 0 Å². The average molecular weight is 532 g/mol. The molecule has 1 aliphatic carbocycles. The molecule has 2 aliphatic rings. The topological polar surface area (TPSA) is 39.7 Å². The van der Waals surface area contributed by atoms with Gasteiger partial charge in [-0.2, -0.15) is 0 Å². The van der Waals surface area contributed by atoms with Gasteiger partial charge in [-0.3, -0.25) is 0 Å². The molecule has 208 valence electrons. The fraction of sp³-hybridized carbons (Fsp3) is 0.471. The van der Waals surface area contributed by atoms with E-state index in [-0.39, 0.29) is 18.0 Å². The Balaban J connectivity index is 1.36. The lowest BCUT2D eigenvalue weighted by Crippen LogP contribution is -2.51. The summed E-state index contributed by atoms with van der Waals surface area (Å²) in [6.07, 6.45) is 7.18. The van der Waals surface area contributed by atoms with E-state index in [2.05, 4.69) is 56.4 Å². The smallest absolute Gasteiger partial charge is 0.132 e. The van der Waals surface area contributed by atoms with Gasteiger partial charge in [0.1, 0.15) is 29.4 Å². The maximum atomic E-state index is 13.7. The van der Waals surface area contributed by atoms with E-state index < -0.39 is 5.60 Å². The molecular weight excluding hydrogens is 489 g/mol. The molecule has 1 aliphatic heterocycles. The van der Waals surface area contributed by atoms with Gasteiger partial charge in [-0.15, -0.1) is 0 Å². The lowest BCUT2D eigenvalue weighted by molar-refractivity contribution is -0.168. The molecule has 2 unspecified atom stereocenters. The number of benzene rings is 3. The first-order valence-corrected chi connectivity index (χ1v) is 14.5. The Labute approximate surface area is 232 Å². The van der Waals surface area contributed by atoms with Crippen LogP contribution in [0.1, 0.15) is 80.7 Å². The van der Waals surface area contributed by atoms with Crippen molar-refractivity contribution in [2.24, 2.45) is 5.92 Å². The summed E-state index contributed by atoms with van der Waals surface area (Å²) in [6, 6.07) is 21.3. The largest absolute Gasteiger partial charge is 0.485 e. The number of fused-ring (bicyclic) bond motifs is 1. The Morgan fingerprint density at radius 1 is 0.923 bits per heavy atom. The third-order valence-corrected chi connectivity index (χ3v) is 8.13. The fourth-order valence-electron chi connectivity index (χ4n) is 5.87. The average Bonchev–Trinajstić information content (AvgIpc) is 2.93. The predicted octanol–water partition coefficient (Wildman–Crippen LogP) is 8.53. The summed E-state index contributed by atoms with van der Waals surface area (Å²) < 4.78 is 33.5. The summed E-state index contributed by atoms with van der Waals surface area (Å²) in [5.74, 6) is 1.35. The van der Waals surface area contributed by atoms with Crippen molar-refractivity contribution in [3.05, 3.63) is 94.8 Å². The predicted molar refractivity (Wildman–Crippen MR) is 155 cm³/mol. The molecule has 3 aromatic carbocycles. The van der Waals surface area contributed by atoms with Gasteiger partial charge in [-0.1, -0.05) is 74.1 Å². The van der Waals surface area contributed by atoms with Gasteiger partial charge in [-0.05, 0) is 74.6 Å². The number of nitrogens with one attached hydrogen (secondary N) is 1. The fourth-order valence-corrected chi connectivity index (χ4v) is 5.87. The van der Waals surface area contributed by atoms with Crippen LogP contribution in [0.3, 0.4) is 0 Å². The zero-order chi connectivity index (χ0) is 27.2. The molecule has 2 atom stereocenters. The first kappa shape index (κ1) is 27.7. The highest BCUT2D eigenvalue weighted by Gasteiger charge is 2.45.